The lowest BCUT2D eigenvalue weighted by Gasteiger charge is -2.19. The zero-order valence-electron chi connectivity index (χ0n) is 10.2. The topological polar surface area (TPSA) is 42.2 Å². The summed E-state index contributed by atoms with van der Waals surface area (Å²) in [6.07, 6.45) is 0. The molecule has 1 aromatic heterocycles. The second-order valence-electron chi connectivity index (χ2n) is 4.19. The smallest absolute Gasteiger partial charge is 0.128 e. The third-order valence-corrected chi connectivity index (χ3v) is 2.77. The molecule has 0 spiro atoms. The predicted octanol–water partition coefficient (Wildman–Crippen LogP) is 2.61. The molecule has 88 valence electrons. The maximum atomic E-state index is 5.76. The van der Waals surface area contributed by atoms with E-state index in [1.54, 1.807) is 0 Å². The first-order chi connectivity index (χ1) is 8.16. The Morgan fingerprint density at radius 3 is 2.47 bits per heavy atom. The number of pyridine rings is 1. The van der Waals surface area contributed by atoms with E-state index in [9.17, 15) is 0 Å². The highest BCUT2D eigenvalue weighted by Gasteiger charge is 2.04. The van der Waals surface area contributed by atoms with Crippen molar-refractivity contribution in [3.05, 3.63) is 53.7 Å². The minimum Gasteiger partial charge on any atom is -0.397 e. The van der Waals surface area contributed by atoms with Gasteiger partial charge in [-0.3, -0.25) is 0 Å². The Morgan fingerprint density at radius 2 is 1.82 bits per heavy atom. The first kappa shape index (κ1) is 11.5. The Balaban J connectivity index is 2.14. The third-order valence-electron chi connectivity index (χ3n) is 2.77. The van der Waals surface area contributed by atoms with Crippen LogP contribution in [0.4, 0.5) is 11.5 Å². The van der Waals surface area contributed by atoms with Crippen LogP contribution in [0.15, 0.2) is 42.5 Å². The molecule has 2 N–H and O–H groups in total. The van der Waals surface area contributed by atoms with Crippen LogP contribution in [-0.2, 0) is 6.54 Å². The molecule has 2 aromatic rings. The summed E-state index contributed by atoms with van der Waals surface area (Å²) in [6, 6.07) is 14.2. The Labute approximate surface area is 102 Å². The summed E-state index contributed by atoms with van der Waals surface area (Å²) < 4.78 is 0. The van der Waals surface area contributed by atoms with E-state index in [1.807, 2.05) is 44.3 Å². The maximum absolute atomic E-state index is 5.76. The van der Waals surface area contributed by atoms with Gasteiger partial charge in [-0.15, -0.1) is 0 Å². The van der Waals surface area contributed by atoms with Crippen molar-refractivity contribution in [3.8, 4) is 0 Å². The molecule has 0 bridgehead atoms. The van der Waals surface area contributed by atoms with E-state index in [0.29, 0.717) is 0 Å². The molecule has 0 aliphatic rings. The SMILES string of the molecule is Cc1nc(N(C)Cc2ccccc2)ccc1N. The monoisotopic (exact) mass is 227 g/mol. The van der Waals surface area contributed by atoms with Gasteiger partial charge in [-0.2, -0.15) is 0 Å². The molecule has 0 amide bonds. The number of rotatable bonds is 3. The van der Waals surface area contributed by atoms with Crippen molar-refractivity contribution >= 4 is 11.5 Å². The van der Waals surface area contributed by atoms with Crippen LogP contribution in [0.3, 0.4) is 0 Å². The molecular formula is C14H17N3. The van der Waals surface area contributed by atoms with E-state index in [4.69, 9.17) is 5.73 Å². The van der Waals surface area contributed by atoms with Crippen LogP contribution in [0.25, 0.3) is 0 Å². The third kappa shape index (κ3) is 2.75. The van der Waals surface area contributed by atoms with Gasteiger partial charge in [0.15, 0.2) is 0 Å². The number of benzene rings is 1. The van der Waals surface area contributed by atoms with E-state index >= 15 is 0 Å². The Kier molecular flexibility index (Phi) is 3.28. The number of hydrogen-bond acceptors (Lipinski definition) is 3. The molecule has 0 saturated heterocycles. The molecule has 1 heterocycles. The van der Waals surface area contributed by atoms with Crippen molar-refractivity contribution in [1.82, 2.24) is 4.98 Å². The van der Waals surface area contributed by atoms with Crippen molar-refractivity contribution in [2.24, 2.45) is 0 Å². The van der Waals surface area contributed by atoms with Gasteiger partial charge in [0.1, 0.15) is 5.82 Å². The summed E-state index contributed by atoms with van der Waals surface area (Å²) in [6.45, 7) is 2.77. The van der Waals surface area contributed by atoms with Crippen molar-refractivity contribution in [3.63, 3.8) is 0 Å². The lowest BCUT2D eigenvalue weighted by molar-refractivity contribution is 0.893. The van der Waals surface area contributed by atoms with Gasteiger partial charge < -0.3 is 10.6 Å². The van der Waals surface area contributed by atoms with Crippen LogP contribution in [0.1, 0.15) is 11.3 Å². The molecule has 0 aliphatic heterocycles. The van der Waals surface area contributed by atoms with Gasteiger partial charge in [0, 0.05) is 13.6 Å². The highest BCUT2D eigenvalue weighted by molar-refractivity contribution is 5.50. The number of nitrogen functional groups attached to an aromatic ring is 1. The van der Waals surface area contributed by atoms with Gasteiger partial charge >= 0.3 is 0 Å². The Bertz CT molecular complexity index is 494. The van der Waals surface area contributed by atoms with Crippen molar-refractivity contribution in [2.75, 3.05) is 17.7 Å². The minimum atomic E-state index is 0.738. The molecule has 2 rings (SSSR count). The second kappa shape index (κ2) is 4.87. The fraction of sp³-hybridized carbons (Fsp3) is 0.214. The first-order valence-electron chi connectivity index (χ1n) is 5.65. The molecule has 0 unspecified atom stereocenters. The molecule has 17 heavy (non-hydrogen) atoms. The van der Waals surface area contributed by atoms with Crippen molar-refractivity contribution < 1.29 is 0 Å². The summed E-state index contributed by atoms with van der Waals surface area (Å²) in [5, 5.41) is 0. The van der Waals surface area contributed by atoms with Gasteiger partial charge in [-0.25, -0.2) is 4.98 Å². The fourth-order valence-corrected chi connectivity index (χ4v) is 1.71. The average Bonchev–Trinajstić information content (AvgIpc) is 2.34. The van der Waals surface area contributed by atoms with Gasteiger partial charge in [0.2, 0.25) is 0 Å². The van der Waals surface area contributed by atoms with Crippen LogP contribution < -0.4 is 10.6 Å². The van der Waals surface area contributed by atoms with Crippen molar-refractivity contribution in [2.45, 2.75) is 13.5 Å². The van der Waals surface area contributed by atoms with E-state index in [1.165, 1.54) is 5.56 Å². The molecule has 0 fully saturated rings. The van der Waals surface area contributed by atoms with Gasteiger partial charge in [-0.1, -0.05) is 30.3 Å². The summed E-state index contributed by atoms with van der Waals surface area (Å²) in [5.41, 5.74) is 8.65. The average molecular weight is 227 g/mol. The Morgan fingerprint density at radius 1 is 1.12 bits per heavy atom. The quantitative estimate of drug-likeness (QED) is 0.876. The van der Waals surface area contributed by atoms with Crippen LogP contribution in [0.5, 0.6) is 0 Å². The number of anilines is 2. The largest absolute Gasteiger partial charge is 0.397 e. The highest BCUT2D eigenvalue weighted by Crippen LogP contribution is 2.16. The summed E-state index contributed by atoms with van der Waals surface area (Å²) >= 11 is 0. The van der Waals surface area contributed by atoms with E-state index in [0.717, 1.165) is 23.7 Å². The molecule has 0 radical (unpaired) electrons. The molecule has 0 saturated carbocycles. The van der Waals surface area contributed by atoms with E-state index in [-0.39, 0.29) is 0 Å². The van der Waals surface area contributed by atoms with E-state index < -0.39 is 0 Å². The second-order valence-corrected chi connectivity index (χ2v) is 4.19. The molecular weight excluding hydrogens is 210 g/mol. The van der Waals surface area contributed by atoms with Crippen LogP contribution in [0, 0.1) is 6.92 Å². The molecule has 1 aromatic carbocycles. The summed E-state index contributed by atoms with van der Waals surface area (Å²) in [5.74, 6) is 0.945. The normalized spacial score (nSPS) is 10.2. The molecule has 3 nitrogen and oxygen atoms in total. The zero-order chi connectivity index (χ0) is 12.3. The standard InChI is InChI=1S/C14H17N3/c1-11-13(15)8-9-14(16-11)17(2)10-12-6-4-3-5-7-12/h3-9H,10,15H2,1-2H3. The van der Waals surface area contributed by atoms with Crippen LogP contribution in [-0.4, -0.2) is 12.0 Å². The molecule has 0 aliphatic carbocycles. The lowest BCUT2D eigenvalue weighted by Crippen LogP contribution is -2.18. The fourth-order valence-electron chi connectivity index (χ4n) is 1.71. The Hall–Kier alpha value is -2.03. The number of hydrogen-bond donors (Lipinski definition) is 1. The van der Waals surface area contributed by atoms with Gasteiger partial charge in [-0.05, 0) is 24.6 Å². The highest BCUT2D eigenvalue weighted by atomic mass is 15.2. The minimum absolute atomic E-state index is 0.738. The zero-order valence-corrected chi connectivity index (χ0v) is 10.2. The van der Waals surface area contributed by atoms with Gasteiger partial charge in [0.25, 0.3) is 0 Å². The number of nitrogens with zero attached hydrogens (tertiary/aromatic N) is 2. The molecule has 0 atom stereocenters. The van der Waals surface area contributed by atoms with Crippen LogP contribution in [0.2, 0.25) is 0 Å². The number of aryl methyl sites for hydroxylation is 1. The summed E-state index contributed by atoms with van der Waals surface area (Å²) in [7, 11) is 2.03. The summed E-state index contributed by atoms with van der Waals surface area (Å²) in [4.78, 5) is 6.58. The van der Waals surface area contributed by atoms with Crippen LogP contribution >= 0.6 is 0 Å². The van der Waals surface area contributed by atoms with Crippen molar-refractivity contribution in [1.29, 1.82) is 0 Å². The van der Waals surface area contributed by atoms with Gasteiger partial charge in [0.05, 0.1) is 11.4 Å². The lowest BCUT2D eigenvalue weighted by atomic mass is 10.2. The predicted molar refractivity (Wildman–Crippen MR) is 71.9 cm³/mol. The number of nitrogens with two attached hydrogens (primary N) is 1. The maximum Gasteiger partial charge on any atom is 0.128 e. The molecule has 3 heteroatoms. The number of aromatic nitrogens is 1. The first-order valence-corrected chi connectivity index (χ1v) is 5.65. The van der Waals surface area contributed by atoms with E-state index in [2.05, 4.69) is 22.0 Å².